The van der Waals surface area contributed by atoms with E-state index < -0.39 is 9.84 Å². The highest BCUT2D eigenvalue weighted by Gasteiger charge is 2.14. The summed E-state index contributed by atoms with van der Waals surface area (Å²) in [4.78, 5) is 18.4. The number of hydrogen-bond donors (Lipinski definition) is 3. The van der Waals surface area contributed by atoms with Crippen LogP contribution < -0.4 is 16.4 Å². The van der Waals surface area contributed by atoms with Crippen molar-refractivity contribution in [2.45, 2.75) is 24.5 Å². The minimum atomic E-state index is -3.21. The molecule has 0 saturated heterocycles. The van der Waals surface area contributed by atoms with Gasteiger partial charge in [-0.05, 0) is 46.8 Å². The average molecular weight is 515 g/mol. The summed E-state index contributed by atoms with van der Waals surface area (Å²) < 4.78 is 23.1. The lowest BCUT2D eigenvalue weighted by Crippen LogP contribution is -2.21. The van der Waals surface area contributed by atoms with E-state index in [0.717, 1.165) is 26.8 Å². The molecule has 0 spiro atoms. The molecule has 0 unspecified atom stereocenters. The van der Waals surface area contributed by atoms with Crippen molar-refractivity contribution in [2.75, 3.05) is 12.0 Å². The number of hydrogen-bond acceptors (Lipinski definition) is 7. The van der Waals surface area contributed by atoms with E-state index in [4.69, 9.17) is 17.3 Å². The molecule has 10 heteroatoms. The van der Waals surface area contributed by atoms with Crippen molar-refractivity contribution >= 4 is 55.3 Å². The highest BCUT2D eigenvalue weighted by molar-refractivity contribution is 7.90. The first-order valence-electron chi connectivity index (χ1n) is 10.4. The molecule has 0 aliphatic heterocycles. The molecular weight excluding hydrogens is 492 g/mol. The Kier molecular flexibility index (Phi) is 7.18. The number of nitrogen functional groups attached to an aromatic ring is 1. The zero-order valence-corrected chi connectivity index (χ0v) is 20.7. The number of nitrogens with one attached hydrogen (secondary N) is 2. The van der Waals surface area contributed by atoms with Gasteiger partial charge in [-0.2, -0.15) is 0 Å². The van der Waals surface area contributed by atoms with Crippen molar-refractivity contribution < 1.29 is 13.2 Å². The number of halogens is 1. The largest absolute Gasteiger partial charge is 0.383 e. The predicted octanol–water partition coefficient (Wildman–Crippen LogP) is 4.16. The third-order valence-corrected chi connectivity index (χ3v) is 7.97. The van der Waals surface area contributed by atoms with Crippen LogP contribution in [-0.4, -0.2) is 25.6 Å². The van der Waals surface area contributed by atoms with Gasteiger partial charge < -0.3 is 16.4 Å². The molecule has 0 atom stereocenters. The second kappa shape index (κ2) is 10.1. The minimum Gasteiger partial charge on any atom is -0.383 e. The number of thiophene rings is 1. The number of rotatable bonds is 8. The zero-order valence-electron chi connectivity index (χ0n) is 18.3. The normalized spacial score (nSPS) is 11.6. The number of sulfone groups is 1. The molecule has 4 aromatic rings. The number of fused-ring (bicyclic) bond motifs is 1. The number of carbonyl (C=O) groups excluding carboxylic acids is 1. The van der Waals surface area contributed by atoms with Gasteiger partial charge in [-0.1, -0.05) is 35.9 Å². The Bertz CT molecular complexity index is 1450. The molecule has 4 rings (SSSR count). The van der Waals surface area contributed by atoms with Crippen molar-refractivity contribution in [3.05, 3.63) is 86.7 Å². The third-order valence-electron chi connectivity index (χ3n) is 5.26. The van der Waals surface area contributed by atoms with Gasteiger partial charge in [0.25, 0.3) is 5.91 Å². The molecule has 4 N–H and O–H groups in total. The number of nitrogens with two attached hydrogens (primary N) is 1. The Morgan fingerprint density at radius 2 is 1.76 bits per heavy atom. The van der Waals surface area contributed by atoms with Gasteiger partial charge in [0.2, 0.25) is 0 Å². The van der Waals surface area contributed by atoms with E-state index in [1.165, 1.54) is 17.6 Å². The summed E-state index contributed by atoms with van der Waals surface area (Å²) in [5, 5.41) is 8.59. The van der Waals surface area contributed by atoms with Gasteiger partial charge in [0.15, 0.2) is 9.84 Å². The van der Waals surface area contributed by atoms with E-state index in [9.17, 15) is 13.2 Å². The maximum atomic E-state index is 12.7. The Morgan fingerprint density at radius 3 is 2.50 bits per heavy atom. The van der Waals surface area contributed by atoms with Crippen molar-refractivity contribution in [1.29, 1.82) is 0 Å². The smallest absolute Gasteiger partial charge is 0.261 e. The lowest BCUT2D eigenvalue weighted by Gasteiger charge is -2.07. The second-order valence-corrected chi connectivity index (χ2v) is 11.4. The number of nitrogens with zero attached hydrogens (tertiary/aromatic N) is 1. The first-order valence-corrected chi connectivity index (χ1v) is 13.5. The van der Waals surface area contributed by atoms with E-state index in [0.29, 0.717) is 35.4 Å². The fraction of sp³-hybridized carbons (Fsp3) is 0.167. The molecule has 2 aromatic carbocycles. The Morgan fingerprint density at radius 1 is 1.03 bits per heavy atom. The van der Waals surface area contributed by atoms with Crippen LogP contribution in [0, 0.1) is 0 Å². The van der Waals surface area contributed by atoms with Gasteiger partial charge in [-0.3, -0.25) is 4.79 Å². The van der Waals surface area contributed by atoms with Crippen LogP contribution >= 0.6 is 22.9 Å². The van der Waals surface area contributed by atoms with Crippen molar-refractivity contribution in [2.24, 2.45) is 0 Å². The van der Waals surface area contributed by atoms with Crippen molar-refractivity contribution in [3.8, 4) is 0 Å². The van der Waals surface area contributed by atoms with Gasteiger partial charge in [0.05, 0.1) is 14.8 Å². The van der Waals surface area contributed by atoms with Gasteiger partial charge >= 0.3 is 0 Å². The summed E-state index contributed by atoms with van der Waals surface area (Å²) in [6.45, 7) is 1.41. The Labute approximate surface area is 206 Å². The standard InChI is InChI=1S/C24H23ClN4O3S2/c1-34(31,32)18-5-2-15(3-6-18)12-27-14-22-20(25)11-21(33-22)24(30)29-13-16-4-7-19-17(10-16)8-9-28-23(19)26/h2-11,27H,12-14H2,1H3,(H2,26,28)(H,29,30). The highest BCUT2D eigenvalue weighted by Crippen LogP contribution is 2.27. The highest BCUT2D eigenvalue weighted by atomic mass is 35.5. The lowest BCUT2D eigenvalue weighted by molar-refractivity contribution is 0.0955. The van der Waals surface area contributed by atoms with Gasteiger partial charge in [0.1, 0.15) is 5.82 Å². The number of carbonyl (C=O) groups is 1. The van der Waals surface area contributed by atoms with Gasteiger partial charge in [-0.25, -0.2) is 13.4 Å². The van der Waals surface area contributed by atoms with Crippen LogP contribution in [-0.2, 0) is 29.5 Å². The average Bonchev–Trinajstić information content (AvgIpc) is 3.18. The molecule has 34 heavy (non-hydrogen) atoms. The number of amides is 1. The van der Waals surface area contributed by atoms with Crippen LogP contribution in [0.2, 0.25) is 5.02 Å². The number of pyridine rings is 1. The maximum Gasteiger partial charge on any atom is 0.261 e. The van der Waals surface area contributed by atoms with Gasteiger partial charge in [-0.15, -0.1) is 11.3 Å². The molecule has 0 saturated carbocycles. The van der Waals surface area contributed by atoms with Crippen LogP contribution in [0.15, 0.2) is 65.7 Å². The minimum absolute atomic E-state index is 0.191. The molecule has 0 fully saturated rings. The first kappa shape index (κ1) is 24.2. The molecule has 0 aliphatic carbocycles. The number of aromatic nitrogens is 1. The Hall–Kier alpha value is -2.98. The number of benzene rings is 2. The summed E-state index contributed by atoms with van der Waals surface area (Å²) in [6, 6.07) is 16.1. The zero-order chi connectivity index (χ0) is 24.3. The van der Waals surface area contributed by atoms with Crippen LogP contribution in [0.4, 0.5) is 5.82 Å². The van der Waals surface area contributed by atoms with E-state index in [-0.39, 0.29) is 10.8 Å². The van der Waals surface area contributed by atoms with E-state index >= 15 is 0 Å². The van der Waals surface area contributed by atoms with E-state index in [2.05, 4.69) is 15.6 Å². The van der Waals surface area contributed by atoms with Crippen LogP contribution in [0.5, 0.6) is 0 Å². The third kappa shape index (κ3) is 5.74. The van der Waals surface area contributed by atoms with Crippen LogP contribution in [0.25, 0.3) is 10.8 Å². The lowest BCUT2D eigenvalue weighted by atomic mass is 10.1. The first-order chi connectivity index (χ1) is 16.2. The fourth-order valence-electron chi connectivity index (χ4n) is 3.44. The number of anilines is 1. The van der Waals surface area contributed by atoms with Gasteiger partial charge in [0, 0.05) is 42.4 Å². The molecule has 2 aromatic heterocycles. The summed E-state index contributed by atoms with van der Waals surface area (Å²) in [5.41, 5.74) is 7.80. The molecular formula is C24H23ClN4O3S2. The van der Waals surface area contributed by atoms with Crippen molar-refractivity contribution in [1.82, 2.24) is 15.6 Å². The topological polar surface area (TPSA) is 114 Å². The van der Waals surface area contributed by atoms with Crippen molar-refractivity contribution in [3.63, 3.8) is 0 Å². The summed E-state index contributed by atoms with van der Waals surface area (Å²) in [6.07, 6.45) is 2.84. The molecule has 1 amide bonds. The second-order valence-electron chi connectivity index (χ2n) is 7.84. The summed E-state index contributed by atoms with van der Waals surface area (Å²) in [5.74, 6) is 0.289. The summed E-state index contributed by atoms with van der Waals surface area (Å²) >= 11 is 7.68. The quantitative estimate of drug-likeness (QED) is 0.325. The SMILES string of the molecule is CS(=O)(=O)c1ccc(CNCc2sc(C(=O)NCc3ccc4c(N)nccc4c3)cc2Cl)cc1. The monoisotopic (exact) mass is 514 g/mol. The predicted molar refractivity (Wildman–Crippen MR) is 137 cm³/mol. The van der Waals surface area contributed by atoms with Crippen LogP contribution in [0.1, 0.15) is 25.7 Å². The maximum absolute atomic E-state index is 12.7. The molecule has 176 valence electrons. The molecule has 0 radical (unpaired) electrons. The van der Waals surface area contributed by atoms with E-state index in [1.54, 1.807) is 36.5 Å². The molecule has 0 aliphatic rings. The molecule has 2 heterocycles. The van der Waals surface area contributed by atoms with E-state index in [1.807, 2.05) is 24.3 Å². The molecule has 0 bridgehead atoms. The molecule has 7 nitrogen and oxygen atoms in total. The van der Waals surface area contributed by atoms with Crippen LogP contribution in [0.3, 0.4) is 0 Å². The fourth-order valence-corrected chi connectivity index (χ4v) is 5.37. The summed E-state index contributed by atoms with van der Waals surface area (Å²) in [7, 11) is -3.21. The Balaban J connectivity index is 1.32.